The molecule has 4 heteroatoms. The van der Waals surface area contributed by atoms with Gasteiger partial charge in [-0.2, -0.15) is 11.3 Å². The third-order valence-corrected chi connectivity index (χ3v) is 3.53. The van der Waals surface area contributed by atoms with Gasteiger partial charge in [-0.15, -0.1) is 0 Å². The van der Waals surface area contributed by atoms with Crippen LogP contribution in [0.5, 0.6) is 0 Å². The van der Waals surface area contributed by atoms with Gasteiger partial charge in [-0.1, -0.05) is 25.1 Å². The van der Waals surface area contributed by atoms with E-state index < -0.39 is 0 Å². The molecule has 0 bridgehead atoms. The highest BCUT2D eigenvalue weighted by molar-refractivity contribution is 7.08. The molecule has 0 unspecified atom stereocenters. The van der Waals surface area contributed by atoms with Crippen molar-refractivity contribution in [1.82, 2.24) is 5.32 Å². The standard InChI is InChI=1S/C15H18N2OS/c1-2-16-10-13-5-3-4-6-14(13)17-15(18)9-12-7-8-19-11-12/h3-8,11,16H,2,9-10H2,1H3,(H,17,18). The highest BCUT2D eigenvalue weighted by Crippen LogP contribution is 2.15. The fourth-order valence-corrected chi connectivity index (χ4v) is 2.50. The van der Waals surface area contributed by atoms with E-state index in [1.54, 1.807) is 11.3 Å². The lowest BCUT2D eigenvalue weighted by Gasteiger charge is -2.11. The number of anilines is 1. The van der Waals surface area contributed by atoms with Crippen molar-refractivity contribution in [3.05, 3.63) is 52.2 Å². The largest absolute Gasteiger partial charge is 0.325 e. The Labute approximate surface area is 117 Å². The second kappa shape index (κ2) is 7.07. The molecule has 0 aliphatic carbocycles. The van der Waals surface area contributed by atoms with Crippen molar-refractivity contribution < 1.29 is 4.79 Å². The van der Waals surface area contributed by atoms with Crippen LogP contribution in [0.1, 0.15) is 18.1 Å². The quantitative estimate of drug-likeness (QED) is 0.850. The molecule has 19 heavy (non-hydrogen) atoms. The van der Waals surface area contributed by atoms with Gasteiger partial charge in [-0.3, -0.25) is 4.79 Å². The molecular weight excluding hydrogens is 256 g/mol. The van der Waals surface area contributed by atoms with Crippen molar-refractivity contribution in [3.63, 3.8) is 0 Å². The van der Waals surface area contributed by atoms with E-state index in [0.29, 0.717) is 6.42 Å². The van der Waals surface area contributed by atoms with Crippen molar-refractivity contribution in [1.29, 1.82) is 0 Å². The molecule has 1 aromatic carbocycles. The SMILES string of the molecule is CCNCc1ccccc1NC(=O)Cc1ccsc1. The molecule has 0 fully saturated rings. The number of hydrogen-bond acceptors (Lipinski definition) is 3. The molecule has 1 amide bonds. The minimum Gasteiger partial charge on any atom is -0.325 e. The van der Waals surface area contributed by atoms with Gasteiger partial charge in [0.1, 0.15) is 0 Å². The lowest BCUT2D eigenvalue weighted by molar-refractivity contribution is -0.115. The van der Waals surface area contributed by atoms with Crippen molar-refractivity contribution in [2.45, 2.75) is 19.9 Å². The highest BCUT2D eigenvalue weighted by atomic mass is 32.1. The first-order valence-corrected chi connectivity index (χ1v) is 7.33. The fraction of sp³-hybridized carbons (Fsp3) is 0.267. The van der Waals surface area contributed by atoms with Crippen LogP contribution < -0.4 is 10.6 Å². The predicted octanol–water partition coefficient (Wildman–Crippen LogP) is 3.04. The Morgan fingerprint density at radius 3 is 2.84 bits per heavy atom. The molecule has 0 aliphatic rings. The summed E-state index contributed by atoms with van der Waals surface area (Å²) >= 11 is 1.61. The summed E-state index contributed by atoms with van der Waals surface area (Å²) in [6, 6.07) is 9.88. The van der Waals surface area contributed by atoms with Gasteiger partial charge in [0, 0.05) is 12.2 Å². The number of amides is 1. The first-order valence-electron chi connectivity index (χ1n) is 6.39. The second-order valence-corrected chi connectivity index (χ2v) is 5.07. The maximum Gasteiger partial charge on any atom is 0.228 e. The van der Waals surface area contributed by atoms with Gasteiger partial charge in [-0.25, -0.2) is 0 Å². The summed E-state index contributed by atoms with van der Waals surface area (Å²) in [5.74, 6) is 0.0300. The van der Waals surface area contributed by atoms with Crippen LogP contribution in [0.4, 0.5) is 5.69 Å². The van der Waals surface area contributed by atoms with Crippen molar-refractivity contribution in [2.75, 3.05) is 11.9 Å². The minimum atomic E-state index is 0.0300. The Bertz CT molecular complexity index is 523. The van der Waals surface area contributed by atoms with Crippen LogP contribution in [0.25, 0.3) is 0 Å². The molecule has 1 aromatic heterocycles. The zero-order chi connectivity index (χ0) is 13.5. The topological polar surface area (TPSA) is 41.1 Å². The van der Waals surface area contributed by atoms with E-state index in [2.05, 4.69) is 17.6 Å². The van der Waals surface area contributed by atoms with Crippen LogP contribution in [0, 0.1) is 0 Å². The molecule has 0 radical (unpaired) electrons. The molecule has 2 aromatic rings. The van der Waals surface area contributed by atoms with Crippen molar-refractivity contribution >= 4 is 22.9 Å². The summed E-state index contributed by atoms with van der Waals surface area (Å²) in [5, 5.41) is 10.2. The number of rotatable bonds is 6. The molecule has 1 heterocycles. The van der Waals surface area contributed by atoms with Crippen LogP contribution in [-0.2, 0) is 17.8 Å². The summed E-state index contributed by atoms with van der Waals surface area (Å²) in [4.78, 5) is 12.0. The Hall–Kier alpha value is -1.65. The van der Waals surface area contributed by atoms with Crippen LogP contribution in [0.15, 0.2) is 41.1 Å². The number of hydrogen-bond donors (Lipinski definition) is 2. The number of nitrogens with one attached hydrogen (secondary N) is 2. The molecule has 2 N–H and O–H groups in total. The first kappa shape index (κ1) is 13.8. The lowest BCUT2D eigenvalue weighted by Crippen LogP contribution is -2.18. The maximum absolute atomic E-state index is 12.0. The molecule has 0 spiro atoms. The van der Waals surface area contributed by atoms with Gasteiger partial charge >= 0.3 is 0 Å². The smallest absolute Gasteiger partial charge is 0.228 e. The first-order chi connectivity index (χ1) is 9.29. The van der Waals surface area contributed by atoms with E-state index in [4.69, 9.17) is 0 Å². The monoisotopic (exact) mass is 274 g/mol. The molecule has 0 aliphatic heterocycles. The minimum absolute atomic E-state index is 0.0300. The van der Waals surface area contributed by atoms with Gasteiger partial charge in [0.25, 0.3) is 0 Å². The molecule has 0 saturated heterocycles. The van der Waals surface area contributed by atoms with Crippen LogP contribution in [0.2, 0.25) is 0 Å². The predicted molar refractivity (Wildman–Crippen MR) is 80.5 cm³/mol. The number of para-hydroxylation sites is 1. The third kappa shape index (κ3) is 4.19. The van der Waals surface area contributed by atoms with Crippen LogP contribution in [0.3, 0.4) is 0 Å². The number of carbonyl (C=O) groups excluding carboxylic acids is 1. The van der Waals surface area contributed by atoms with Crippen molar-refractivity contribution in [3.8, 4) is 0 Å². The molecular formula is C15H18N2OS. The molecule has 0 saturated carbocycles. The average Bonchev–Trinajstić information content (AvgIpc) is 2.90. The number of benzene rings is 1. The van der Waals surface area contributed by atoms with Crippen molar-refractivity contribution in [2.24, 2.45) is 0 Å². The van der Waals surface area contributed by atoms with Gasteiger partial charge in [0.15, 0.2) is 0 Å². The van der Waals surface area contributed by atoms with E-state index in [1.807, 2.05) is 41.1 Å². The van der Waals surface area contributed by atoms with E-state index in [1.165, 1.54) is 0 Å². The normalized spacial score (nSPS) is 10.4. The Morgan fingerprint density at radius 1 is 1.26 bits per heavy atom. The molecule has 3 nitrogen and oxygen atoms in total. The van der Waals surface area contributed by atoms with E-state index in [-0.39, 0.29) is 5.91 Å². The lowest BCUT2D eigenvalue weighted by atomic mass is 10.1. The molecule has 100 valence electrons. The summed E-state index contributed by atoms with van der Waals surface area (Å²) < 4.78 is 0. The fourth-order valence-electron chi connectivity index (χ4n) is 1.83. The van der Waals surface area contributed by atoms with Gasteiger partial charge in [0.2, 0.25) is 5.91 Å². The molecule has 2 rings (SSSR count). The third-order valence-electron chi connectivity index (χ3n) is 2.80. The summed E-state index contributed by atoms with van der Waals surface area (Å²) in [6.45, 7) is 3.75. The second-order valence-electron chi connectivity index (χ2n) is 4.29. The van der Waals surface area contributed by atoms with Gasteiger partial charge in [-0.05, 0) is 40.6 Å². The average molecular weight is 274 g/mol. The van der Waals surface area contributed by atoms with Gasteiger partial charge in [0.05, 0.1) is 6.42 Å². The number of carbonyl (C=O) groups is 1. The van der Waals surface area contributed by atoms with E-state index in [0.717, 1.165) is 29.9 Å². The zero-order valence-electron chi connectivity index (χ0n) is 11.0. The Kier molecular flexibility index (Phi) is 5.12. The van der Waals surface area contributed by atoms with Crippen LogP contribution in [-0.4, -0.2) is 12.5 Å². The summed E-state index contributed by atoms with van der Waals surface area (Å²) in [5.41, 5.74) is 3.07. The van der Waals surface area contributed by atoms with Gasteiger partial charge < -0.3 is 10.6 Å². The zero-order valence-corrected chi connectivity index (χ0v) is 11.8. The number of thiophene rings is 1. The summed E-state index contributed by atoms with van der Waals surface area (Å²) in [7, 11) is 0. The Balaban J connectivity index is 1.99. The van der Waals surface area contributed by atoms with Crippen LogP contribution >= 0.6 is 11.3 Å². The maximum atomic E-state index is 12.0. The van der Waals surface area contributed by atoms with E-state index in [9.17, 15) is 4.79 Å². The van der Waals surface area contributed by atoms with E-state index >= 15 is 0 Å². The highest BCUT2D eigenvalue weighted by Gasteiger charge is 2.07. The molecule has 0 atom stereocenters. The summed E-state index contributed by atoms with van der Waals surface area (Å²) in [6.07, 6.45) is 0.430. The Morgan fingerprint density at radius 2 is 2.11 bits per heavy atom.